The van der Waals surface area contributed by atoms with Crippen molar-refractivity contribution in [2.24, 2.45) is 5.73 Å². The normalized spacial score (nSPS) is 13.2. The van der Waals surface area contributed by atoms with Crippen molar-refractivity contribution in [2.45, 2.75) is 167 Å². The summed E-state index contributed by atoms with van der Waals surface area (Å²) in [5.74, 6) is -1.31. The molecule has 0 heterocycles. The van der Waals surface area contributed by atoms with Crippen LogP contribution >= 0.6 is 0 Å². The Bertz CT molecular complexity index is 778. The second kappa shape index (κ2) is 31.0. The fraction of sp³-hybridized carbons (Fsp3) is 0.750. The lowest BCUT2D eigenvalue weighted by Gasteiger charge is -2.15. The highest BCUT2D eigenvalue weighted by Crippen LogP contribution is 2.15. The lowest BCUT2D eigenvalue weighted by molar-refractivity contribution is -0.147. The van der Waals surface area contributed by atoms with Gasteiger partial charge >= 0.3 is 11.9 Å². The topological polar surface area (TPSA) is 119 Å². The van der Waals surface area contributed by atoms with E-state index in [2.05, 4.69) is 49.5 Å². The van der Waals surface area contributed by atoms with E-state index in [-0.39, 0.29) is 18.0 Å². The maximum Gasteiger partial charge on any atom is 0.326 e. The summed E-state index contributed by atoms with van der Waals surface area (Å²) in [5, 5.41) is 11.8. The zero-order valence-electron chi connectivity index (χ0n) is 27.5. The van der Waals surface area contributed by atoms with Crippen molar-refractivity contribution in [3.05, 3.63) is 36.5 Å². The Morgan fingerprint density at radius 2 is 1.26 bits per heavy atom. The number of hydrogen-bond acceptors (Lipinski definition) is 5. The zero-order valence-corrected chi connectivity index (χ0v) is 27.5. The van der Waals surface area contributed by atoms with Crippen LogP contribution in [0.4, 0.5) is 0 Å². The Balaban J connectivity index is 4.36. The molecule has 7 nitrogen and oxygen atoms in total. The van der Waals surface area contributed by atoms with Gasteiger partial charge in [0.15, 0.2) is 0 Å². The first-order chi connectivity index (χ1) is 20.9. The molecule has 248 valence electrons. The van der Waals surface area contributed by atoms with Gasteiger partial charge in [0.2, 0.25) is 5.91 Å². The molecule has 0 fully saturated rings. The number of carboxylic acid groups (broad SMARTS) is 1. The molecule has 0 radical (unpaired) electrons. The Kier molecular flexibility index (Phi) is 29.3. The molecular weight excluding hydrogens is 540 g/mol. The standard InChI is InChI=1S/C36H64N2O5/c1-3-5-7-9-11-13-17-21-26-32(43-35(40)30-24-20-14-12-10-8-6-4-2)27-22-18-15-16-19-23-29-34(39)38-33(36(41)42)28-25-31-37/h5,7,11,13,21,26,32-33H,3-4,6,8-10,12,14-20,22-25,27-31,37H2,1-2H3,(H,38,39)(H,41,42)/b7-5-,13-11-,26-21-. The van der Waals surface area contributed by atoms with Crippen LogP contribution in [0.3, 0.4) is 0 Å². The summed E-state index contributed by atoms with van der Waals surface area (Å²) < 4.78 is 5.86. The molecule has 0 aromatic heterocycles. The molecule has 0 aliphatic rings. The molecule has 0 saturated heterocycles. The number of nitrogens with one attached hydrogen (secondary N) is 1. The molecule has 0 aliphatic heterocycles. The van der Waals surface area contributed by atoms with E-state index in [0.717, 1.165) is 77.0 Å². The van der Waals surface area contributed by atoms with E-state index in [1.54, 1.807) is 0 Å². The lowest BCUT2D eigenvalue weighted by atomic mass is 10.0. The minimum atomic E-state index is -1.01. The number of aliphatic carboxylic acids is 1. The van der Waals surface area contributed by atoms with E-state index in [1.165, 1.54) is 38.5 Å². The molecule has 43 heavy (non-hydrogen) atoms. The van der Waals surface area contributed by atoms with Gasteiger partial charge in [0.05, 0.1) is 0 Å². The molecule has 2 unspecified atom stereocenters. The van der Waals surface area contributed by atoms with Gasteiger partial charge in [0.25, 0.3) is 0 Å². The minimum Gasteiger partial charge on any atom is -0.480 e. The molecule has 0 aromatic carbocycles. The molecule has 0 rings (SSSR count). The van der Waals surface area contributed by atoms with Gasteiger partial charge in [-0.2, -0.15) is 0 Å². The van der Waals surface area contributed by atoms with E-state index in [4.69, 9.17) is 10.5 Å². The third-order valence-corrected chi connectivity index (χ3v) is 7.45. The van der Waals surface area contributed by atoms with Gasteiger partial charge < -0.3 is 20.9 Å². The Morgan fingerprint density at radius 1 is 0.698 bits per heavy atom. The minimum absolute atomic E-state index is 0.0904. The van der Waals surface area contributed by atoms with Crippen molar-refractivity contribution in [1.82, 2.24) is 5.32 Å². The molecule has 7 heteroatoms. The number of allylic oxidation sites excluding steroid dienone is 5. The van der Waals surface area contributed by atoms with Crippen molar-refractivity contribution in [2.75, 3.05) is 6.54 Å². The van der Waals surface area contributed by atoms with Gasteiger partial charge in [-0.15, -0.1) is 0 Å². The number of ether oxygens (including phenoxy) is 1. The number of carboxylic acids is 1. The number of rotatable bonds is 30. The predicted molar refractivity (Wildman–Crippen MR) is 179 cm³/mol. The third kappa shape index (κ3) is 28.1. The highest BCUT2D eigenvalue weighted by Gasteiger charge is 2.18. The van der Waals surface area contributed by atoms with Gasteiger partial charge in [-0.25, -0.2) is 4.79 Å². The van der Waals surface area contributed by atoms with Gasteiger partial charge in [-0.3, -0.25) is 9.59 Å². The molecule has 0 aromatic rings. The first-order valence-electron chi connectivity index (χ1n) is 17.3. The van der Waals surface area contributed by atoms with Crippen LogP contribution in [-0.4, -0.2) is 41.6 Å². The van der Waals surface area contributed by atoms with Crippen LogP contribution in [0, 0.1) is 0 Å². The molecule has 0 saturated carbocycles. The quantitative estimate of drug-likeness (QED) is 0.0429. The van der Waals surface area contributed by atoms with Gasteiger partial charge in [-0.05, 0) is 70.4 Å². The Morgan fingerprint density at radius 3 is 1.86 bits per heavy atom. The maximum absolute atomic E-state index is 12.5. The SMILES string of the molecule is CC/C=C\C/C=C\C/C=C\C(CCCCCCCCC(=O)NC(CCCN)C(=O)O)OC(=O)CCCCCCCCCC. The predicted octanol–water partition coefficient (Wildman–Crippen LogP) is 8.72. The lowest BCUT2D eigenvalue weighted by Crippen LogP contribution is -2.40. The van der Waals surface area contributed by atoms with Crippen molar-refractivity contribution in [3.63, 3.8) is 0 Å². The van der Waals surface area contributed by atoms with E-state index >= 15 is 0 Å². The largest absolute Gasteiger partial charge is 0.480 e. The van der Waals surface area contributed by atoms with E-state index in [0.29, 0.717) is 32.2 Å². The monoisotopic (exact) mass is 604 g/mol. The van der Waals surface area contributed by atoms with Gasteiger partial charge in [0, 0.05) is 12.8 Å². The Labute approximate surface area is 263 Å². The van der Waals surface area contributed by atoms with Crippen molar-refractivity contribution < 1.29 is 24.2 Å². The Hall–Kier alpha value is -2.41. The van der Waals surface area contributed by atoms with E-state index < -0.39 is 12.0 Å². The van der Waals surface area contributed by atoms with Crippen LogP contribution in [0.25, 0.3) is 0 Å². The van der Waals surface area contributed by atoms with E-state index in [1.807, 2.05) is 6.08 Å². The summed E-state index contributed by atoms with van der Waals surface area (Å²) in [6.07, 6.45) is 33.5. The summed E-state index contributed by atoms with van der Waals surface area (Å²) in [6, 6.07) is -0.855. The van der Waals surface area contributed by atoms with Crippen LogP contribution in [0.15, 0.2) is 36.5 Å². The zero-order chi connectivity index (χ0) is 31.8. The molecule has 2 atom stereocenters. The maximum atomic E-state index is 12.5. The second-order valence-corrected chi connectivity index (χ2v) is 11.6. The number of carbonyl (C=O) groups is 3. The fourth-order valence-corrected chi connectivity index (χ4v) is 4.85. The van der Waals surface area contributed by atoms with Crippen LogP contribution < -0.4 is 11.1 Å². The van der Waals surface area contributed by atoms with Crippen molar-refractivity contribution in [3.8, 4) is 0 Å². The van der Waals surface area contributed by atoms with Gasteiger partial charge in [0.1, 0.15) is 12.1 Å². The summed E-state index contributed by atoms with van der Waals surface area (Å²) in [6.45, 7) is 4.77. The van der Waals surface area contributed by atoms with Crippen LogP contribution in [0.5, 0.6) is 0 Å². The highest BCUT2D eigenvalue weighted by atomic mass is 16.5. The molecule has 0 spiro atoms. The number of unbranched alkanes of at least 4 members (excludes halogenated alkanes) is 12. The number of hydrogen-bond donors (Lipinski definition) is 3. The van der Waals surface area contributed by atoms with Crippen LogP contribution in [-0.2, 0) is 19.1 Å². The number of esters is 1. The summed E-state index contributed by atoms with van der Waals surface area (Å²) in [5.41, 5.74) is 5.45. The summed E-state index contributed by atoms with van der Waals surface area (Å²) in [4.78, 5) is 35.9. The first kappa shape index (κ1) is 40.6. The molecule has 1 amide bonds. The van der Waals surface area contributed by atoms with E-state index in [9.17, 15) is 19.5 Å². The van der Waals surface area contributed by atoms with Crippen LogP contribution in [0.2, 0.25) is 0 Å². The summed E-state index contributed by atoms with van der Waals surface area (Å²) >= 11 is 0. The average molecular weight is 605 g/mol. The third-order valence-electron chi connectivity index (χ3n) is 7.45. The summed E-state index contributed by atoms with van der Waals surface area (Å²) in [7, 11) is 0. The van der Waals surface area contributed by atoms with Gasteiger partial charge in [-0.1, -0.05) is 115 Å². The highest BCUT2D eigenvalue weighted by molar-refractivity contribution is 5.83. The number of nitrogens with two attached hydrogens (primary N) is 1. The smallest absolute Gasteiger partial charge is 0.326 e. The molecular formula is C36H64N2O5. The molecule has 0 bridgehead atoms. The van der Waals surface area contributed by atoms with Crippen molar-refractivity contribution in [1.29, 1.82) is 0 Å². The number of carbonyl (C=O) groups excluding carboxylic acids is 2. The first-order valence-corrected chi connectivity index (χ1v) is 17.3. The number of amides is 1. The molecule has 0 aliphatic carbocycles. The van der Waals surface area contributed by atoms with Crippen LogP contribution in [0.1, 0.15) is 155 Å². The van der Waals surface area contributed by atoms with Crippen molar-refractivity contribution >= 4 is 17.8 Å². The molecule has 4 N–H and O–H groups in total. The fourth-order valence-electron chi connectivity index (χ4n) is 4.85. The average Bonchev–Trinajstić information content (AvgIpc) is 2.98. The second-order valence-electron chi connectivity index (χ2n) is 11.6.